The maximum atomic E-state index is 13.7. The Kier molecular flexibility index (Phi) is 6.86. The van der Waals surface area contributed by atoms with E-state index in [9.17, 15) is 19.8 Å². The summed E-state index contributed by atoms with van der Waals surface area (Å²) in [6, 6.07) is 3.99. The van der Waals surface area contributed by atoms with Crippen LogP contribution in [-0.4, -0.2) is 84.0 Å². The van der Waals surface area contributed by atoms with Crippen molar-refractivity contribution in [3.8, 4) is 11.5 Å². The van der Waals surface area contributed by atoms with E-state index in [4.69, 9.17) is 23.7 Å². The molecule has 5 rings (SSSR count). The molecule has 4 atom stereocenters. The zero-order chi connectivity index (χ0) is 27.3. The van der Waals surface area contributed by atoms with Gasteiger partial charge in [0.15, 0.2) is 23.2 Å². The molecule has 1 aliphatic carbocycles. The molecule has 10 heteroatoms. The first-order chi connectivity index (χ1) is 18.0. The van der Waals surface area contributed by atoms with Crippen molar-refractivity contribution in [1.29, 1.82) is 0 Å². The highest BCUT2D eigenvalue weighted by atomic mass is 16.7. The molecule has 1 spiro atoms. The summed E-state index contributed by atoms with van der Waals surface area (Å²) in [5.41, 5.74) is -1.69. The fourth-order valence-corrected chi connectivity index (χ4v) is 6.41. The number of benzene rings is 1. The third-order valence-electron chi connectivity index (χ3n) is 8.39. The lowest BCUT2D eigenvalue weighted by Gasteiger charge is -2.39. The molecule has 0 bridgehead atoms. The summed E-state index contributed by atoms with van der Waals surface area (Å²) in [6.07, 6.45) is 3.18. The molecule has 1 aromatic rings. The Labute approximate surface area is 222 Å². The molecule has 1 saturated heterocycles. The minimum absolute atomic E-state index is 0.0701. The van der Waals surface area contributed by atoms with Gasteiger partial charge in [-0.25, -0.2) is 4.79 Å². The fourth-order valence-electron chi connectivity index (χ4n) is 6.41. The van der Waals surface area contributed by atoms with Gasteiger partial charge in [0, 0.05) is 6.54 Å². The van der Waals surface area contributed by atoms with Crippen LogP contribution >= 0.6 is 0 Å². The molecule has 2 N–H and O–H groups in total. The van der Waals surface area contributed by atoms with Gasteiger partial charge in [-0.15, -0.1) is 0 Å². The smallest absolute Gasteiger partial charge is 0.339 e. The Balaban J connectivity index is 1.53. The van der Waals surface area contributed by atoms with Crippen LogP contribution in [0.3, 0.4) is 0 Å². The average molecular weight is 532 g/mol. The lowest BCUT2D eigenvalue weighted by Crippen LogP contribution is -2.49. The van der Waals surface area contributed by atoms with Crippen molar-refractivity contribution >= 4 is 11.9 Å². The van der Waals surface area contributed by atoms with Crippen LogP contribution in [-0.2, 0) is 30.2 Å². The van der Waals surface area contributed by atoms with Crippen molar-refractivity contribution in [3.05, 3.63) is 35.1 Å². The summed E-state index contributed by atoms with van der Waals surface area (Å²) in [6.45, 7) is 5.04. The van der Waals surface area contributed by atoms with Gasteiger partial charge < -0.3 is 33.9 Å². The molecule has 0 aromatic heterocycles. The standard InChI is InChI=1S/C28H37NO9/c1-26(2,32)8-9-28(33,15-22(30)35-4)25(31)38-24-21(34-3)14-27-7-5-10-29(27)11-6-17-12-19-20(37-16-36-19)13-18(17)23(24)27/h12-14,23-24,32-33H,5-11,15-16H2,1-4H3/t23?,24-,27+,28?/m0/s1. The second-order valence-corrected chi connectivity index (χ2v) is 11.4. The molecule has 4 aliphatic rings. The van der Waals surface area contributed by atoms with Crippen LogP contribution in [0.5, 0.6) is 11.5 Å². The minimum Gasteiger partial charge on any atom is -0.497 e. The van der Waals surface area contributed by atoms with E-state index in [2.05, 4.69) is 11.0 Å². The predicted octanol–water partition coefficient (Wildman–Crippen LogP) is 2.19. The van der Waals surface area contributed by atoms with Crippen molar-refractivity contribution in [2.45, 2.75) is 81.1 Å². The Hall–Kier alpha value is -2.82. The zero-order valence-electron chi connectivity index (χ0n) is 22.5. The number of fused-ring (bicyclic) bond motifs is 3. The molecular weight excluding hydrogens is 494 g/mol. The van der Waals surface area contributed by atoms with Crippen molar-refractivity contribution in [1.82, 2.24) is 4.90 Å². The molecule has 3 heterocycles. The molecule has 1 fully saturated rings. The third-order valence-corrected chi connectivity index (χ3v) is 8.39. The number of hydrogen-bond donors (Lipinski definition) is 2. The maximum absolute atomic E-state index is 13.7. The molecule has 208 valence electrons. The Morgan fingerprint density at radius 1 is 1.13 bits per heavy atom. The van der Waals surface area contributed by atoms with E-state index in [-0.39, 0.29) is 25.6 Å². The molecule has 0 radical (unpaired) electrons. The molecule has 0 saturated carbocycles. The summed E-state index contributed by atoms with van der Waals surface area (Å²) in [4.78, 5) is 28.3. The summed E-state index contributed by atoms with van der Waals surface area (Å²) >= 11 is 0. The van der Waals surface area contributed by atoms with Crippen LogP contribution in [0.4, 0.5) is 0 Å². The number of esters is 2. The zero-order valence-corrected chi connectivity index (χ0v) is 22.5. The van der Waals surface area contributed by atoms with Gasteiger partial charge in [0.25, 0.3) is 0 Å². The highest BCUT2D eigenvalue weighted by Gasteiger charge is 2.59. The van der Waals surface area contributed by atoms with E-state index >= 15 is 0 Å². The number of carbonyl (C=O) groups excluding carboxylic acids is 2. The lowest BCUT2D eigenvalue weighted by molar-refractivity contribution is -0.179. The van der Waals surface area contributed by atoms with Crippen LogP contribution in [0.2, 0.25) is 0 Å². The van der Waals surface area contributed by atoms with Gasteiger partial charge in [-0.3, -0.25) is 9.69 Å². The highest BCUT2D eigenvalue weighted by molar-refractivity contribution is 5.86. The molecule has 2 unspecified atom stereocenters. The number of aliphatic hydroxyl groups is 2. The van der Waals surface area contributed by atoms with Gasteiger partial charge in [0.2, 0.25) is 6.79 Å². The first-order valence-electron chi connectivity index (χ1n) is 13.2. The fraction of sp³-hybridized carbons (Fsp3) is 0.643. The van der Waals surface area contributed by atoms with Crippen molar-refractivity contribution in [3.63, 3.8) is 0 Å². The predicted molar refractivity (Wildman–Crippen MR) is 135 cm³/mol. The summed E-state index contributed by atoms with van der Waals surface area (Å²) < 4.78 is 28.0. The van der Waals surface area contributed by atoms with Crippen LogP contribution in [0.25, 0.3) is 0 Å². The molecule has 1 aromatic carbocycles. The van der Waals surface area contributed by atoms with E-state index in [1.165, 1.54) is 7.11 Å². The number of nitrogens with zero attached hydrogens (tertiary/aromatic N) is 1. The van der Waals surface area contributed by atoms with E-state index in [0.717, 1.165) is 43.5 Å². The highest BCUT2D eigenvalue weighted by Crippen LogP contribution is 2.55. The maximum Gasteiger partial charge on any atom is 0.339 e. The third kappa shape index (κ3) is 4.63. The SMILES string of the molecule is COC(=O)CC(O)(CCC(C)(C)O)C(=O)O[C@H]1C(OC)=C[C@@]23CCCN2CCc2cc4c(cc2C13)OCO4. The number of methoxy groups -OCH3 is 2. The molecule has 38 heavy (non-hydrogen) atoms. The molecule has 0 amide bonds. The van der Waals surface area contributed by atoms with Crippen molar-refractivity contribution in [2.75, 3.05) is 34.1 Å². The molecule has 10 nitrogen and oxygen atoms in total. The van der Waals surface area contributed by atoms with E-state index in [1.54, 1.807) is 21.0 Å². The van der Waals surface area contributed by atoms with Gasteiger partial charge in [-0.05, 0) is 81.8 Å². The first kappa shape index (κ1) is 26.8. The topological polar surface area (TPSA) is 124 Å². The second kappa shape index (κ2) is 9.73. The van der Waals surface area contributed by atoms with Gasteiger partial charge in [-0.1, -0.05) is 0 Å². The van der Waals surface area contributed by atoms with Gasteiger partial charge >= 0.3 is 11.9 Å². The number of carbonyl (C=O) groups is 2. The lowest BCUT2D eigenvalue weighted by atomic mass is 9.77. The van der Waals surface area contributed by atoms with Crippen LogP contribution in [0.1, 0.15) is 63.0 Å². The number of ether oxygens (including phenoxy) is 5. The average Bonchev–Trinajstić information content (AvgIpc) is 3.56. The number of hydrogen-bond acceptors (Lipinski definition) is 10. The largest absolute Gasteiger partial charge is 0.497 e. The normalized spacial score (nSPS) is 27.4. The van der Waals surface area contributed by atoms with E-state index in [0.29, 0.717) is 17.3 Å². The van der Waals surface area contributed by atoms with Gasteiger partial charge in [0.05, 0.1) is 37.7 Å². The van der Waals surface area contributed by atoms with Gasteiger partial charge in [0.1, 0.15) is 5.76 Å². The van der Waals surface area contributed by atoms with Crippen molar-refractivity contribution in [2.24, 2.45) is 0 Å². The van der Waals surface area contributed by atoms with Crippen molar-refractivity contribution < 1.29 is 43.5 Å². The van der Waals surface area contributed by atoms with Crippen LogP contribution in [0.15, 0.2) is 24.0 Å². The summed E-state index contributed by atoms with van der Waals surface area (Å²) in [7, 11) is 2.74. The summed E-state index contributed by atoms with van der Waals surface area (Å²) in [5, 5.41) is 21.7. The first-order valence-corrected chi connectivity index (χ1v) is 13.2. The molecular formula is C28H37NO9. The van der Waals surface area contributed by atoms with E-state index < -0.39 is 41.2 Å². The Morgan fingerprint density at radius 2 is 1.87 bits per heavy atom. The summed E-state index contributed by atoms with van der Waals surface area (Å²) in [5.74, 6) is -0.163. The van der Waals surface area contributed by atoms with Crippen LogP contribution in [0, 0.1) is 0 Å². The Bertz CT molecular complexity index is 1140. The number of rotatable bonds is 8. The quantitative estimate of drug-likeness (QED) is 0.483. The van der Waals surface area contributed by atoms with E-state index in [1.807, 2.05) is 12.1 Å². The van der Waals surface area contributed by atoms with Crippen LogP contribution < -0.4 is 9.47 Å². The second-order valence-electron chi connectivity index (χ2n) is 11.4. The minimum atomic E-state index is -2.18. The monoisotopic (exact) mass is 531 g/mol. The Morgan fingerprint density at radius 3 is 2.55 bits per heavy atom. The van der Waals surface area contributed by atoms with Gasteiger partial charge in [-0.2, -0.15) is 0 Å². The molecule has 3 aliphatic heterocycles.